The zero-order chi connectivity index (χ0) is 20.8. The van der Waals surface area contributed by atoms with Gasteiger partial charge in [0.25, 0.3) is 5.91 Å². The van der Waals surface area contributed by atoms with Gasteiger partial charge in [-0.3, -0.25) is 9.59 Å². The van der Waals surface area contributed by atoms with Gasteiger partial charge in [0.15, 0.2) is 0 Å². The van der Waals surface area contributed by atoms with E-state index in [0.29, 0.717) is 17.1 Å². The van der Waals surface area contributed by atoms with E-state index in [2.05, 4.69) is 30.6 Å². The topological polar surface area (TPSA) is 105 Å². The molecule has 9 nitrogen and oxygen atoms in total. The summed E-state index contributed by atoms with van der Waals surface area (Å²) in [6.45, 7) is 1.66. The second kappa shape index (κ2) is 9.17. The lowest BCUT2D eigenvalue weighted by Crippen LogP contribution is -2.36. The highest BCUT2D eigenvalue weighted by molar-refractivity contribution is 6.02. The fourth-order valence-electron chi connectivity index (χ4n) is 3.43. The highest BCUT2D eigenvalue weighted by Crippen LogP contribution is 2.21. The molecule has 30 heavy (non-hydrogen) atoms. The van der Waals surface area contributed by atoms with Gasteiger partial charge in [0, 0.05) is 25.0 Å². The van der Waals surface area contributed by atoms with Crippen molar-refractivity contribution in [3.63, 3.8) is 0 Å². The first-order valence-corrected chi connectivity index (χ1v) is 9.94. The number of nitrogens with one attached hydrogen (secondary N) is 2. The Morgan fingerprint density at radius 3 is 2.57 bits per heavy atom. The van der Waals surface area contributed by atoms with Crippen molar-refractivity contribution in [2.45, 2.75) is 19.3 Å². The number of hydrogen-bond donors (Lipinski definition) is 2. The summed E-state index contributed by atoms with van der Waals surface area (Å²) >= 11 is 0. The SMILES string of the molecule is O=C(CNC(=O)c1cccnc1N1CCCCC1)Nc1ccc(-n2cncn2)cc1. The van der Waals surface area contributed by atoms with E-state index < -0.39 is 0 Å². The second-order valence-corrected chi connectivity index (χ2v) is 7.04. The number of aromatic nitrogens is 4. The van der Waals surface area contributed by atoms with Gasteiger partial charge in [-0.2, -0.15) is 5.10 Å². The Bertz CT molecular complexity index is 996. The van der Waals surface area contributed by atoms with Gasteiger partial charge in [0.1, 0.15) is 18.5 Å². The smallest absolute Gasteiger partial charge is 0.255 e. The molecule has 4 rings (SSSR count). The number of amides is 2. The molecular weight excluding hydrogens is 382 g/mol. The van der Waals surface area contributed by atoms with Crippen molar-refractivity contribution < 1.29 is 9.59 Å². The summed E-state index contributed by atoms with van der Waals surface area (Å²) in [6.07, 6.45) is 8.13. The van der Waals surface area contributed by atoms with E-state index in [-0.39, 0.29) is 18.4 Å². The van der Waals surface area contributed by atoms with Gasteiger partial charge >= 0.3 is 0 Å². The fraction of sp³-hybridized carbons (Fsp3) is 0.286. The lowest BCUT2D eigenvalue weighted by molar-refractivity contribution is -0.115. The van der Waals surface area contributed by atoms with Gasteiger partial charge in [0.05, 0.1) is 17.8 Å². The predicted molar refractivity (Wildman–Crippen MR) is 113 cm³/mol. The molecule has 1 saturated heterocycles. The van der Waals surface area contributed by atoms with Crippen molar-refractivity contribution in [2.24, 2.45) is 0 Å². The Hall–Kier alpha value is -3.75. The summed E-state index contributed by atoms with van der Waals surface area (Å²) in [6, 6.07) is 10.7. The molecular formula is C21H23N7O2. The Kier molecular flexibility index (Phi) is 5.98. The minimum absolute atomic E-state index is 0.127. The standard InChI is InChI=1S/C21H23N7O2/c29-19(26-16-6-8-17(9-7-16)28-15-22-14-25-28)13-24-21(30)18-5-4-10-23-20(18)27-11-2-1-3-12-27/h4-10,14-15H,1-3,11-13H2,(H,24,30)(H,26,29). The lowest BCUT2D eigenvalue weighted by atomic mass is 10.1. The summed E-state index contributed by atoms with van der Waals surface area (Å²) < 4.78 is 1.62. The molecule has 0 spiro atoms. The first kappa shape index (κ1) is 19.6. The third-order valence-electron chi connectivity index (χ3n) is 4.93. The van der Waals surface area contributed by atoms with E-state index in [1.807, 2.05) is 12.1 Å². The van der Waals surface area contributed by atoms with Crippen LogP contribution in [0.15, 0.2) is 55.2 Å². The van der Waals surface area contributed by atoms with Gasteiger partial charge < -0.3 is 15.5 Å². The number of hydrogen-bond acceptors (Lipinski definition) is 6. The monoisotopic (exact) mass is 405 g/mol. The summed E-state index contributed by atoms with van der Waals surface area (Å²) in [5, 5.41) is 9.52. The molecule has 3 heterocycles. The van der Waals surface area contributed by atoms with Gasteiger partial charge in [-0.25, -0.2) is 14.6 Å². The number of anilines is 2. The maximum absolute atomic E-state index is 12.7. The molecule has 0 atom stereocenters. The number of piperidine rings is 1. The van der Waals surface area contributed by atoms with Crippen LogP contribution in [-0.2, 0) is 4.79 Å². The van der Waals surface area contributed by atoms with E-state index in [4.69, 9.17) is 0 Å². The van der Waals surface area contributed by atoms with Crippen LogP contribution >= 0.6 is 0 Å². The minimum Gasteiger partial charge on any atom is -0.356 e. The lowest BCUT2D eigenvalue weighted by Gasteiger charge is -2.29. The molecule has 0 saturated carbocycles. The van der Waals surface area contributed by atoms with E-state index in [9.17, 15) is 9.59 Å². The predicted octanol–water partition coefficient (Wildman–Crippen LogP) is 2.02. The molecule has 2 amide bonds. The van der Waals surface area contributed by atoms with Crippen LogP contribution < -0.4 is 15.5 Å². The van der Waals surface area contributed by atoms with Crippen LogP contribution in [0.2, 0.25) is 0 Å². The highest BCUT2D eigenvalue weighted by atomic mass is 16.2. The average molecular weight is 405 g/mol. The van der Waals surface area contributed by atoms with Crippen molar-refractivity contribution in [1.29, 1.82) is 0 Å². The van der Waals surface area contributed by atoms with E-state index in [0.717, 1.165) is 31.6 Å². The van der Waals surface area contributed by atoms with Crippen LogP contribution in [0, 0.1) is 0 Å². The van der Waals surface area contributed by atoms with Crippen LogP contribution in [0.3, 0.4) is 0 Å². The van der Waals surface area contributed by atoms with Gasteiger partial charge in [0.2, 0.25) is 5.91 Å². The number of rotatable bonds is 6. The van der Waals surface area contributed by atoms with Crippen molar-refractivity contribution in [3.05, 3.63) is 60.8 Å². The first-order valence-electron chi connectivity index (χ1n) is 9.94. The molecule has 1 fully saturated rings. The molecule has 2 aromatic heterocycles. The molecule has 0 aliphatic carbocycles. The zero-order valence-electron chi connectivity index (χ0n) is 16.5. The van der Waals surface area contributed by atoms with Crippen LogP contribution in [-0.4, -0.2) is 51.2 Å². The van der Waals surface area contributed by atoms with Gasteiger partial charge in [-0.05, 0) is 55.7 Å². The van der Waals surface area contributed by atoms with Crippen molar-refractivity contribution >= 4 is 23.3 Å². The van der Waals surface area contributed by atoms with Crippen molar-refractivity contribution in [2.75, 3.05) is 29.9 Å². The quantitative estimate of drug-likeness (QED) is 0.650. The van der Waals surface area contributed by atoms with E-state index in [1.165, 1.54) is 12.7 Å². The first-order chi connectivity index (χ1) is 14.7. The molecule has 1 aliphatic rings. The zero-order valence-corrected chi connectivity index (χ0v) is 16.5. The molecule has 0 bridgehead atoms. The molecule has 154 valence electrons. The van der Waals surface area contributed by atoms with Crippen LogP contribution in [0.25, 0.3) is 5.69 Å². The summed E-state index contributed by atoms with van der Waals surface area (Å²) in [5.74, 6) is 0.0689. The second-order valence-electron chi connectivity index (χ2n) is 7.04. The van der Waals surface area contributed by atoms with E-state index >= 15 is 0 Å². The molecule has 0 radical (unpaired) electrons. The maximum atomic E-state index is 12.7. The maximum Gasteiger partial charge on any atom is 0.255 e. The Morgan fingerprint density at radius 2 is 1.83 bits per heavy atom. The third-order valence-corrected chi connectivity index (χ3v) is 4.93. The fourth-order valence-corrected chi connectivity index (χ4v) is 3.43. The number of pyridine rings is 1. The number of benzene rings is 1. The summed E-state index contributed by atoms with van der Waals surface area (Å²) in [5.41, 5.74) is 1.96. The van der Waals surface area contributed by atoms with Crippen molar-refractivity contribution in [3.8, 4) is 5.69 Å². The minimum atomic E-state index is -0.305. The van der Waals surface area contributed by atoms with Crippen LogP contribution in [0.4, 0.5) is 11.5 Å². The number of carbonyl (C=O) groups is 2. The summed E-state index contributed by atoms with van der Waals surface area (Å²) in [4.78, 5) is 35.4. The van der Waals surface area contributed by atoms with Gasteiger partial charge in [-0.15, -0.1) is 0 Å². The molecule has 1 aliphatic heterocycles. The van der Waals surface area contributed by atoms with Crippen LogP contribution in [0.5, 0.6) is 0 Å². The van der Waals surface area contributed by atoms with Crippen molar-refractivity contribution in [1.82, 2.24) is 25.1 Å². The number of nitrogens with zero attached hydrogens (tertiary/aromatic N) is 5. The molecule has 3 aromatic rings. The molecule has 9 heteroatoms. The number of carbonyl (C=O) groups excluding carboxylic acids is 2. The average Bonchev–Trinajstić information content (AvgIpc) is 3.34. The Balaban J connectivity index is 1.33. The Labute approximate surface area is 174 Å². The third kappa shape index (κ3) is 4.62. The molecule has 2 N–H and O–H groups in total. The van der Waals surface area contributed by atoms with E-state index in [1.54, 1.807) is 41.5 Å². The normalized spacial score (nSPS) is 13.7. The highest BCUT2D eigenvalue weighted by Gasteiger charge is 2.20. The molecule has 0 unspecified atom stereocenters. The Morgan fingerprint density at radius 1 is 1.03 bits per heavy atom. The van der Waals surface area contributed by atoms with Gasteiger partial charge in [-0.1, -0.05) is 0 Å². The molecule has 1 aromatic carbocycles. The van der Waals surface area contributed by atoms with Crippen LogP contribution in [0.1, 0.15) is 29.6 Å². The summed E-state index contributed by atoms with van der Waals surface area (Å²) in [7, 11) is 0. The largest absolute Gasteiger partial charge is 0.356 e.